The van der Waals surface area contributed by atoms with Gasteiger partial charge in [0.1, 0.15) is 23.1 Å². The molecule has 0 spiro atoms. The molecular formula is C19H19N7O. The molecule has 1 fully saturated rings. The maximum atomic E-state index is 12.2. The first-order valence-electron chi connectivity index (χ1n) is 8.88. The van der Waals surface area contributed by atoms with Crippen LogP contribution in [-0.2, 0) is 18.3 Å². The normalized spacial score (nSPS) is 13.4. The fraction of sp³-hybridized carbons (Fsp3) is 0.316. The maximum Gasteiger partial charge on any atom is 0.228 e. The van der Waals surface area contributed by atoms with Crippen LogP contribution < -0.4 is 10.6 Å². The second-order valence-electron chi connectivity index (χ2n) is 6.66. The van der Waals surface area contributed by atoms with E-state index in [4.69, 9.17) is 5.26 Å². The highest BCUT2D eigenvalue weighted by Crippen LogP contribution is 2.32. The lowest BCUT2D eigenvalue weighted by molar-refractivity contribution is -0.117. The van der Waals surface area contributed by atoms with Gasteiger partial charge in [0.2, 0.25) is 5.91 Å². The SMILES string of the molecule is CCc1cc(C#N)ncc1Nc1cc2c(ncn2C)c(NC(=O)C2CC2)n1. The molecular weight excluding hydrogens is 342 g/mol. The van der Waals surface area contributed by atoms with Gasteiger partial charge in [-0.1, -0.05) is 6.92 Å². The topological polar surface area (TPSA) is 109 Å². The fourth-order valence-corrected chi connectivity index (χ4v) is 2.94. The summed E-state index contributed by atoms with van der Waals surface area (Å²) >= 11 is 0. The van der Waals surface area contributed by atoms with Crippen LogP contribution >= 0.6 is 0 Å². The summed E-state index contributed by atoms with van der Waals surface area (Å²) < 4.78 is 1.88. The predicted molar refractivity (Wildman–Crippen MR) is 101 cm³/mol. The lowest BCUT2D eigenvalue weighted by atomic mass is 10.1. The van der Waals surface area contributed by atoms with Crippen LogP contribution in [-0.4, -0.2) is 25.4 Å². The lowest BCUT2D eigenvalue weighted by Crippen LogP contribution is -2.15. The van der Waals surface area contributed by atoms with E-state index in [1.807, 2.05) is 24.6 Å². The summed E-state index contributed by atoms with van der Waals surface area (Å²) in [6.07, 6.45) is 5.93. The molecule has 0 atom stereocenters. The zero-order valence-electron chi connectivity index (χ0n) is 15.2. The number of rotatable bonds is 5. The van der Waals surface area contributed by atoms with E-state index in [2.05, 4.69) is 31.7 Å². The smallest absolute Gasteiger partial charge is 0.228 e. The van der Waals surface area contributed by atoms with Crippen LogP contribution in [0.15, 0.2) is 24.7 Å². The minimum atomic E-state index is -0.0131. The van der Waals surface area contributed by atoms with Gasteiger partial charge in [-0.15, -0.1) is 0 Å². The fourth-order valence-electron chi connectivity index (χ4n) is 2.94. The van der Waals surface area contributed by atoms with E-state index in [0.717, 1.165) is 36.0 Å². The molecule has 8 heteroatoms. The number of nitrogens with zero attached hydrogens (tertiary/aromatic N) is 5. The number of nitriles is 1. The summed E-state index contributed by atoms with van der Waals surface area (Å²) in [5.74, 6) is 1.10. The summed E-state index contributed by atoms with van der Waals surface area (Å²) in [4.78, 5) is 25.3. The van der Waals surface area contributed by atoms with Gasteiger partial charge < -0.3 is 15.2 Å². The van der Waals surface area contributed by atoms with Crippen LogP contribution in [0.4, 0.5) is 17.3 Å². The number of pyridine rings is 2. The molecule has 1 amide bonds. The molecule has 1 saturated carbocycles. The van der Waals surface area contributed by atoms with Gasteiger partial charge in [-0.05, 0) is 30.9 Å². The second kappa shape index (κ2) is 6.68. The molecule has 3 heterocycles. The number of hydrogen-bond donors (Lipinski definition) is 2. The predicted octanol–water partition coefficient (Wildman–Crippen LogP) is 2.89. The van der Waals surface area contributed by atoms with E-state index in [1.54, 1.807) is 18.6 Å². The average molecular weight is 361 g/mol. The van der Waals surface area contributed by atoms with Crippen LogP contribution in [0.25, 0.3) is 11.0 Å². The number of nitrogens with one attached hydrogen (secondary N) is 2. The van der Waals surface area contributed by atoms with Crippen molar-refractivity contribution in [1.29, 1.82) is 5.26 Å². The van der Waals surface area contributed by atoms with Gasteiger partial charge in [0, 0.05) is 19.0 Å². The first-order chi connectivity index (χ1) is 13.1. The number of anilines is 3. The Morgan fingerprint density at radius 2 is 2.19 bits per heavy atom. The monoisotopic (exact) mass is 361 g/mol. The molecule has 4 rings (SSSR count). The standard InChI is InChI=1S/C19H19N7O/c1-3-11-6-13(8-20)21-9-14(11)23-16-7-15-17(22-10-26(15)2)18(24-16)25-19(27)12-4-5-12/h6-7,9-10,12H,3-5H2,1-2H3,(H2,23,24,25,27). The summed E-state index contributed by atoms with van der Waals surface area (Å²) in [6.45, 7) is 2.01. The van der Waals surface area contributed by atoms with Gasteiger partial charge in [-0.2, -0.15) is 5.26 Å². The first-order valence-corrected chi connectivity index (χ1v) is 8.88. The Morgan fingerprint density at radius 3 is 2.89 bits per heavy atom. The molecule has 0 bridgehead atoms. The summed E-state index contributed by atoms with van der Waals surface area (Å²) in [6, 6.07) is 5.70. The Bertz CT molecular complexity index is 1080. The van der Waals surface area contributed by atoms with E-state index in [1.165, 1.54) is 0 Å². The van der Waals surface area contributed by atoms with Gasteiger partial charge in [0.25, 0.3) is 0 Å². The Balaban J connectivity index is 1.72. The number of carbonyl (C=O) groups excluding carboxylic acids is 1. The number of carbonyl (C=O) groups is 1. The molecule has 1 aliphatic carbocycles. The molecule has 136 valence electrons. The molecule has 0 unspecified atom stereocenters. The van der Waals surface area contributed by atoms with Crippen molar-refractivity contribution >= 4 is 34.3 Å². The van der Waals surface area contributed by atoms with E-state index in [-0.39, 0.29) is 11.8 Å². The van der Waals surface area contributed by atoms with E-state index >= 15 is 0 Å². The quantitative estimate of drug-likeness (QED) is 0.723. The van der Waals surface area contributed by atoms with Gasteiger partial charge in [0.15, 0.2) is 5.82 Å². The van der Waals surface area contributed by atoms with Crippen molar-refractivity contribution in [2.75, 3.05) is 10.6 Å². The molecule has 3 aromatic rings. The van der Waals surface area contributed by atoms with Gasteiger partial charge in [-0.25, -0.2) is 15.0 Å². The first kappa shape index (κ1) is 17.0. The Kier molecular flexibility index (Phi) is 4.20. The third-order valence-corrected chi connectivity index (χ3v) is 4.65. The average Bonchev–Trinajstić information content (AvgIpc) is 3.46. The molecule has 2 N–H and O–H groups in total. The molecule has 3 aromatic heterocycles. The Hall–Kier alpha value is -3.47. The summed E-state index contributed by atoms with van der Waals surface area (Å²) in [5.41, 5.74) is 3.65. The number of aryl methyl sites for hydroxylation is 2. The highest BCUT2D eigenvalue weighted by atomic mass is 16.2. The third kappa shape index (κ3) is 3.31. The van der Waals surface area contributed by atoms with Crippen molar-refractivity contribution in [2.45, 2.75) is 26.2 Å². The number of fused-ring (bicyclic) bond motifs is 1. The van der Waals surface area contributed by atoms with Crippen molar-refractivity contribution in [2.24, 2.45) is 13.0 Å². The zero-order valence-corrected chi connectivity index (χ0v) is 15.2. The molecule has 8 nitrogen and oxygen atoms in total. The highest BCUT2D eigenvalue weighted by molar-refractivity contribution is 6.00. The number of amides is 1. The Labute approximate surface area is 156 Å². The van der Waals surface area contributed by atoms with Gasteiger partial charge >= 0.3 is 0 Å². The van der Waals surface area contributed by atoms with Crippen molar-refractivity contribution in [3.05, 3.63) is 35.9 Å². The van der Waals surface area contributed by atoms with Crippen LogP contribution in [0.1, 0.15) is 31.0 Å². The van der Waals surface area contributed by atoms with E-state index in [9.17, 15) is 4.79 Å². The highest BCUT2D eigenvalue weighted by Gasteiger charge is 2.30. The van der Waals surface area contributed by atoms with Crippen LogP contribution in [0.3, 0.4) is 0 Å². The van der Waals surface area contributed by atoms with Crippen LogP contribution in [0, 0.1) is 17.2 Å². The zero-order chi connectivity index (χ0) is 19.0. The number of imidazole rings is 1. The lowest BCUT2D eigenvalue weighted by Gasteiger charge is -2.12. The summed E-state index contributed by atoms with van der Waals surface area (Å²) in [5, 5.41) is 15.2. The van der Waals surface area contributed by atoms with Crippen LogP contribution in [0.5, 0.6) is 0 Å². The van der Waals surface area contributed by atoms with Crippen molar-refractivity contribution in [3.8, 4) is 6.07 Å². The second-order valence-corrected chi connectivity index (χ2v) is 6.66. The molecule has 0 aromatic carbocycles. The number of aromatic nitrogens is 4. The van der Waals surface area contributed by atoms with Crippen molar-refractivity contribution in [1.82, 2.24) is 19.5 Å². The summed E-state index contributed by atoms with van der Waals surface area (Å²) in [7, 11) is 1.90. The third-order valence-electron chi connectivity index (χ3n) is 4.65. The minimum absolute atomic E-state index is 0.0131. The molecule has 27 heavy (non-hydrogen) atoms. The molecule has 1 aliphatic rings. The van der Waals surface area contributed by atoms with Gasteiger partial charge in [-0.3, -0.25) is 4.79 Å². The largest absolute Gasteiger partial charge is 0.339 e. The van der Waals surface area contributed by atoms with E-state index < -0.39 is 0 Å². The van der Waals surface area contributed by atoms with Crippen molar-refractivity contribution in [3.63, 3.8) is 0 Å². The molecule has 0 saturated heterocycles. The van der Waals surface area contributed by atoms with Gasteiger partial charge in [0.05, 0.1) is 23.7 Å². The Morgan fingerprint density at radius 1 is 1.37 bits per heavy atom. The number of hydrogen-bond acceptors (Lipinski definition) is 6. The van der Waals surface area contributed by atoms with E-state index in [0.29, 0.717) is 22.8 Å². The maximum absolute atomic E-state index is 12.2. The minimum Gasteiger partial charge on any atom is -0.339 e. The molecule has 0 radical (unpaired) electrons. The van der Waals surface area contributed by atoms with Crippen molar-refractivity contribution < 1.29 is 4.79 Å². The van der Waals surface area contributed by atoms with Crippen LogP contribution in [0.2, 0.25) is 0 Å². The molecule has 0 aliphatic heterocycles.